The highest BCUT2D eigenvalue weighted by atomic mass is 32.1. The van der Waals surface area contributed by atoms with Gasteiger partial charge in [-0.3, -0.25) is 9.59 Å². The highest BCUT2D eigenvalue weighted by molar-refractivity contribution is 7.12. The Morgan fingerprint density at radius 1 is 0.969 bits per heavy atom. The number of rotatable bonds is 8. The molecule has 1 aromatic heterocycles. The van der Waals surface area contributed by atoms with Crippen molar-refractivity contribution in [1.29, 1.82) is 0 Å². The molecule has 0 unspecified atom stereocenters. The molecular formula is C22H19F3N2O4S. The number of carbonyl (C=O) groups is 2. The van der Waals surface area contributed by atoms with Crippen LogP contribution in [0.15, 0.2) is 60.0 Å². The fourth-order valence-corrected chi connectivity index (χ4v) is 3.32. The number of thiophene rings is 1. The second-order valence-electron chi connectivity index (χ2n) is 6.52. The van der Waals surface area contributed by atoms with Crippen LogP contribution in [0.5, 0.6) is 5.75 Å². The van der Waals surface area contributed by atoms with E-state index >= 15 is 0 Å². The van der Waals surface area contributed by atoms with Crippen LogP contribution < -0.4 is 15.4 Å². The van der Waals surface area contributed by atoms with E-state index < -0.39 is 17.6 Å². The average molecular weight is 464 g/mol. The zero-order chi connectivity index (χ0) is 23.1. The number of nitrogens with one attached hydrogen (secondary N) is 2. The molecular weight excluding hydrogens is 445 g/mol. The van der Waals surface area contributed by atoms with E-state index in [9.17, 15) is 22.8 Å². The first-order valence-corrected chi connectivity index (χ1v) is 10.2. The molecule has 0 saturated carbocycles. The van der Waals surface area contributed by atoms with Crippen molar-refractivity contribution in [3.05, 3.63) is 76.0 Å². The number of methoxy groups -OCH3 is 1. The van der Waals surface area contributed by atoms with Crippen molar-refractivity contribution in [2.75, 3.05) is 31.0 Å². The number of alkyl halides is 3. The Balaban J connectivity index is 1.80. The molecule has 0 atom stereocenters. The lowest BCUT2D eigenvalue weighted by molar-refractivity contribution is -0.137. The Bertz CT molecular complexity index is 1090. The molecule has 2 N–H and O–H groups in total. The lowest BCUT2D eigenvalue weighted by Crippen LogP contribution is -2.16. The van der Waals surface area contributed by atoms with Gasteiger partial charge in [0.15, 0.2) is 0 Å². The van der Waals surface area contributed by atoms with Gasteiger partial charge in [-0.05, 0) is 47.8 Å². The van der Waals surface area contributed by atoms with E-state index in [0.29, 0.717) is 10.6 Å². The third kappa shape index (κ3) is 6.08. The molecule has 2 aromatic carbocycles. The Morgan fingerprint density at radius 3 is 2.47 bits per heavy atom. The average Bonchev–Trinajstić information content (AvgIpc) is 3.29. The minimum Gasteiger partial charge on any atom is -0.489 e. The second-order valence-corrected chi connectivity index (χ2v) is 7.46. The summed E-state index contributed by atoms with van der Waals surface area (Å²) in [5, 5.41) is 6.91. The maximum absolute atomic E-state index is 13.1. The van der Waals surface area contributed by atoms with Gasteiger partial charge >= 0.3 is 6.18 Å². The zero-order valence-electron chi connectivity index (χ0n) is 16.9. The smallest absolute Gasteiger partial charge is 0.416 e. The maximum atomic E-state index is 13.1. The van der Waals surface area contributed by atoms with Gasteiger partial charge in [0.25, 0.3) is 11.8 Å². The van der Waals surface area contributed by atoms with E-state index in [1.54, 1.807) is 29.6 Å². The summed E-state index contributed by atoms with van der Waals surface area (Å²) in [4.78, 5) is 25.5. The monoisotopic (exact) mass is 464 g/mol. The summed E-state index contributed by atoms with van der Waals surface area (Å²) in [6.07, 6.45) is -4.59. The van der Waals surface area contributed by atoms with Crippen LogP contribution in [0.2, 0.25) is 0 Å². The van der Waals surface area contributed by atoms with E-state index in [1.165, 1.54) is 30.6 Å². The molecule has 0 aliphatic heterocycles. The molecule has 0 aliphatic carbocycles. The van der Waals surface area contributed by atoms with E-state index in [1.807, 2.05) is 0 Å². The molecule has 0 radical (unpaired) electrons. The molecule has 168 valence electrons. The molecule has 32 heavy (non-hydrogen) atoms. The number of hydrogen-bond acceptors (Lipinski definition) is 5. The van der Waals surface area contributed by atoms with Gasteiger partial charge in [-0.25, -0.2) is 0 Å². The molecule has 2 amide bonds. The number of anilines is 2. The topological polar surface area (TPSA) is 76.7 Å². The minimum atomic E-state index is -4.59. The van der Waals surface area contributed by atoms with Gasteiger partial charge in [0.1, 0.15) is 12.4 Å². The van der Waals surface area contributed by atoms with Crippen molar-refractivity contribution in [1.82, 2.24) is 0 Å². The zero-order valence-corrected chi connectivity index (χ0v) is 17.7. The van der Waals surface area contributed by atoms with Gasteiger partial charge in [0.05, 0.1) is 22.7 Å². The van der Waals surface area contributed by atoms with Crippen LogP contribution in [0.4, 0.5) is 24.5 Å². The van der Waals surface area contributed by atoms with E-state index in [-0.39, 0.29) is 36.1 Å². The highest BCUT2D eigenvalue weighted by Crippen LogP contribution is 2.35. The molecule has 10 heteroatoms. The standard InChI is InChI=1S/C22H19F3N2O4S/c1-30-9-10-31-18-8-7-15(22(23,24)25)13-17(18)27-20(28)14-4-2-5-16(12-14)26-21(29)19-6-3-11-32-19/h2-8,11-13H,9-10H2,1H3,(H,26,29)(H,27,28). The quantitative estimate of drug-likeness (QED) is 0.444. The molecule has 0 aliphatic rings. The van der Waals surface area contributed by atoms with Crippen LogP contribution in [0.1, 0.15) is 25.6 Å². The molecule has 3 rings (SSSR count). The van der Waals surface area contributed by atoms with Crippen molar-refractivity contribution in [3.8, 4) is 5.75 Å². The van der Waals surface area contributed by atoms with Crippen molar-refractivity contribution < 1.29 is 32.2 Å². The largest absolute Gasteiger partial charge is 0.489 e. The molecule has 0 bridgehead atoms. The van der Waals surface area contributed by atoms with Crippen molar-refractivity contribution in [2.45, 2.75) is 6.18 Å². The van der Waals surface area contributed by atoms with Gasteiger partial charge in [-0.15, -0.1) is 11.3 Å². The summed E-state index contributed by atoms with van der Waals surface area (Å²) >= 11 is 1.27. The summed E-state index contributed by atoms with van der Waals surface area (Å²) in [5.41, 5.74) is -0.538. The predicted molar refractivity (Wildman–Crippen MR) is 115 cm³/mol. The van der Waals surface area contributed by atoms with E-state index in [2.05, 4.69) is 10.6 Å². The molecule has 1 heterocycles. The number of ether oxygens (including phenoxy) is 2. The van der Waals surface area contributed by atoms with Crippen LogP contribution >= 0.6 is 11.3 Å². The summed E-state index contributed by atoms with van der Waals surface area (Å²) < 4.78 is 49.7. The van der Waals surface area contributed by atoms with Crippen LogP contribution in [0.3, 0.4) is 0 Å². The first kappa shape index (κ1) is 23.3. The summed E-state index contributed by atoms with van der Waals surface area (Å²) in [5.74, 6) is -0.914. The Labute approximate surface area is 186 Å². The maximum Gasteiger partial charge on any atom is 0.416 e. The SMILES string of the molecule is COCCOc1ccc(C(F)(F)F)cc1NC(=O)c1cccc(NC(=O)c2cccs2)c1. The third-order valence-electron chi connectivity index (χ3n) is 4.23. The normalized spacial score (nSPS) is 11.1. The molecule has 0 fully saturated rings. The minimum absolute atomic E-state index is 0.0746. The van der Waals surface area contributed by atoms with Crippen LogP contribution in [-0.2, 0) is 10.9 Å². The summed E-state index contributed by atoms with van der Waals surface area (Å²) in [7, 11) is 1.46. The van der Waals surface area contributed by atoms with Crippen molar-refractivity contribution in [3.63, 3.8) is 0 Å². The Kier molecular flexibility index (Phi) is 7.49. The molecule has 0 saturated heterocycles. The fourth-order valence-electron chi connectivity index (χ4n) is 2.70. The third-order valence-corrected chi connectivity index (χ3v) is 5.10. The predicted octanol–water partition coefficient (Wildman–Crippen LogP) is 5.30. The van der Waals surface area contributed by atoms with Gasteiger partial charge in [-0.1, -0.05) is 12.1 Å². The summed E-state index contributed by atoms with van der Waals surface area (Å²) in [6.45, 7) is 0.315. The molecule has 0 spiro atoms. The van der Waals surface area contributed by atoms with E-state index in [0.717, 1.165) is 18.2 Å². The first-order valence-electron chi connectivity index (χ1n) is 9.37. The lowest BCUT2D eigenvalue weighted by Gasteiger charge is -2.15. The van der Waals surface area contributed by atoms with Crippen molar-refractivity contribution in [2.24, 2.45) is 0 Å². The van der Waals surface area contributed by atoms with Gasteiger partial charge in [0, 0.05) is 18.4 Å². The number of benzene rings is 2. The van der Waals surface area contributed by atoms with Gasteiger partial charge in [-0.2, -0.15) is 13.2 Å². The Morgan fingerprint density at radius 2 is 1.78 bits per heavy atom. The van der Waals surface area contributed by atoms with Gasteiger partial charge in [0.2, 0.25) is 0 Å². The summed E-state index contributed by atoms with van der Waals surface area (Å²) in [6, 6.07) is 12.3. The first-order chi connectivity index (χ1) is 15.3. The number of hydrogen-bond donors (Lipinski definition) is 2. The number of halogens is 3. The lowest BCUT2D eigenvalue weighted by atomic mass is 10.1. The van der Waals surface area contributed by atoms with Crippen LogP contribution in [0.25, 0.3) is 0 Å². The molecule has 6 nitrogen and oxygen atoms in total. The molecule has 3 aromatic rings. The fraction of sp³-hybridized carbons (Fsp3) is 0.182. The second kappa shape index (κ2) is 10.3. The van der Waals surface area contributed by atoms with Crippen molar-refractivity contribution >= 4 is 34.5 Å². The Hall–Kier alpha value is -3.37. The van der Waals surface area contributed by atoms with Crippen LogP contribution in [0, 0.1) is 0 Å². The van der Waals surface area contributed by atoms with E-state index in [4.69, 9.17) is 9.47 Å². The van der Waals surface area contributed by atoms with Crippen LogP contribution in [-0.4, -0.2) is 32.1 Å². The number of carbonyl (C=O) groups excluding carboxylic acids is 2. The number of amides is 2. The highest BCUT2D eigenvalue weighted by Gasteiger charge is 2.31. The van der Waals surface area contributed by atoms with Gasteiger partial charge < -0.3 is 20.1 Å².